The first-order valence-electron chi connectivity index (χ1n) is 8.93. The average molecular weight is 355 g/mol. The molecular formula is C18H21N5OS. The van der Waals surface area contributed by atoms with Crippen LogP contribution in [0.5, 0.6) is 0 Å². The van der Waals surface area contributed by atoms with Gasteiger partial charge < -0.3 is 9.80 Å². The van der Waals surface area contributed by atoms with E-state index >= 15 is 0 Å². The maximum atomic E-state index is 13.3. The number of rotatable bonds is 3. The molecule has 130 valence electrons. The zero-order valence-corrected chi connectivity index (χ0v) is 15.1. The van der Waals surface area contributed by atoms with E-state index in [0.29, 0.717) is 18.5 Å². The first-order chi connectivity index (χ1) is 12.2. The van der Waals surface area contributed by atoms with E-state index in [0.717, 1.165) is 48.9 Å². The van der Waals surface area contributed by atoms with E-state index in [1.165, 1.54) is 0 Å². The fourth-order valence-electron chi connectivity index (χ4n) is 5.09. The van der Waals surface area contributed by atoms with Crippen LogP contribution in [0, 0.1) is 12.3 Å². The van der Waals surface area contributed by atoms with Gasteiger partial charge in [0, 0.05) is 36.4 Å². The van der Waals surface area contributed by atoms with Gasteiger partial charge >= 0.3 is 0 Å². The Hall–Kier alpha value is -2.02. The molecule has 3 aliphatic rings. The Balaban J connectivity index is 1.40. The normalized spacial score (nSPS) is 30.8. The van der Waals surface area contributed by atoms with E-state index in [4.69, 9.17) is 0 Å². The third kappa shape index (κ3) is 2.21. The Labute approximate surface area is 150 Å². The summed E-state index contributed by atoms with van der Waals surface area (Å²) in [6.07, 6.45) is 7.68. The molecule has 0 radical (unpaired) electrons. The summed E-state index contributed by atoms with van der Waals surface area (Å²) < 4.78 is 0. The van der Waals surface area contributed by atoms with Crippen LogP contribution in [0.2, 0.25) is 0 Å². The number of hydrogen-bond acceptors (Lipinski definition) is 6. The van der Waals surface area contributed by atoms with Crippen molar-refractivity contribution in [1.29, 1.82) is 0 Å². The molecular weight excluding hydrogens is 334 g/mol. The molecule has 3 saturated heterocycles. The van der Waals surface area contributed by atoms with Crippen LogP contribution in [0.4, 0.5) is 5.95 Å². The zero-order chi connectivity index (χ0) is 17.0. The van der Waals surface area contributed by atoms with Crippen molar-refractivity contribution in [2.45, 2.75) is 51.2 Å². The van der Waals surface area contributed by atoms with Crippen molar-refractivity contribution in [1.82, 2.24) is 19.9 Å². The molecule has 2 aromatic rings. The largest absolute Gasteiger partial charge is 0.336 e. The van der Waals surface area contributed by atoms with Gasteiger partial charge in [0.05, 0.1) is 22.7 Å². The van der Waals surface area contributed by atoms with Gasteiger partial charge in [0.15, 0.2) is 0 Å². The minimum atomic E-state index is -0.243. The van der Waals surface area contributed by atoms with Gasteiger partial charge in [0.25, 0.3) is 0 Å². The molecule has 2 aromatic heterocycles. The molecule has 2 bridgehead atoms. The summed E-state index contributed by atoms with van der Waals surface area (Å²) in [6, 6.07) is 2.49. The van der Waals surface area contributed by atoms with Crippen LogP contribution < -0.4 is 4.90 Å². The smallest absolute Gasteiger partial charge is 0.231 e. The molecule has 3 fully saturated rings. The van der Waals surface area contributed by atoms with Crippen molar-refractivity contribution in [3.63, 3.8) is 0 Å². The monoisotopic (exact) mass is 355 g/mol. The lowest BCUT2D eigenvalue weighted by molar-refractivity contribution is -0.137. The van der Waals surface area contributed by atoms with Crippen molar-refractivity contribution in [3.8, 4) is 0 Å². The number of hydrogen-bond donors (Lipinski definition) is 0. The van der Waals surface area contributed by atoms with Crippen molar-refractivity contribution in [3.05, 3.63) is 34.5 Å². The van der Waals surface area contributed by atoms with Gasteiger partial charge in [-0.05, 0) is 38.7 Å². The number of fused-ring (bicyclic) bond motifs is 3. The first kappa shape index (κ1) is 15.3. The number of thiazole rings is 1. The Morgan fingerprint density at radius 2 is 2.16 bits per heavy atom. The Morgan fingerprint density at radius 1 is 1.32 bits per heavy atom. The SMILES string of the molecule is Cc1nc(CN2CC[C@@]3(C[C@H]4CC[C@H]3N4c3ncccn3)C2=O)cs1. The van der Waals surface area contributed by atoms with Crippen molar-refractivity contribution in [2.24, 2.45) is 5.41 Å². The number of anilines is 1. The number of nitrogens with zero attached hydrogens (tertiary/aromatic N) is 5. The standard InChI is InChI=1S/C18H21N5OS/c1-12-21-13(11-25-12)10-22-8-5-18(16(22)24)9-14-3-4-15(18)23(14)17-19-6-2-7-20-17/h2,6-7,11,14-15H,3-5,8-10H2,1H3/t14-,15-,18+/m1/s1. The Bertz CT molecular complexity index is 809. The Morgan fingerprint density at radius 3 is 2.92 bits per heavy atom. The summed E-state index contributed by atoms with van der Waals surface area (Å²) >= 11 is 1.65. The molecule has 3 aliphatic heterocycles. The lowest BCUT2D eigenvalue weighted by atomic mass is 9.72. The van der Waals surface area contributed by atoms with Crippen LogP contribution in [0.25, 0.3) is 0 Å². The summed E-state index contributed by atoms with van der Waals surface area (Å²) in [7, 11) is 0. The lowest BCUT2D eigenvalue weighted by Gasteiger charge is -2.32. The topological polar surface area (TPSA) is 62.2 Å². The molecule has 0 aromatic carbocycles. The van der Waals surface area contributed by atoms with Gasteiger partial charge in [-0.2, -0.15) is 0 Å². The van der Waals surface area contributed by atoms with Crippen LogP contribution in [-0.2, 0) is 11.3 Å². The fourth-order valence-corrected chi connectivity index (χ4v) is 5.70. The van der Waals surface area contributed by atoms with E-state index in [1.54, 1.807) is 23.7 Å². The van der Waals surface area contributed by atoms with Gasteiger partial charge in [0.1, 0.15) is 0 Å². The molecule has 7 heteroatoms. The van der Waals surface area contributed by atoms with E-state index in [1.807, 2.05) is 17.9 Å². The quantitative estimate of drug-likeness (QED) is 0.846. The van der Waals surface area contributed by atoms with Crippen molar-refractivity contribution in [2.75, 3.05) is 11.4 Å². The fraction of sp³-hybridized carbons (Fsp3) is 0.556. The molecule has 0 aliphatic carbocycles. The van der Waals surface area contributed by atoms with Crippen molar-refractivity contribution >= 4 is 23.2 Å². The number of likely N-dealkylation sites (tertiary alicyclic amines) is 1. The van der Waals surface area contributed by atoms with E-state index in [-0.39, 0.29) is 11.5 Å². The lowest BCUT2D eigenvalue weighted by Crippen LogP contribution is -2.44. The van der Waals surface area contributed by atoms with E-state index < -0.39 is 0 Å². The first-order valence-corrected chi connectivity index (χ1v) is 9.81. The predicted octanol–water partition coefficient (Wildman–Crippen LogP) is 2.40. The molecule has 1 amide bonds. The summed E-state index contributed by atoms with van der Waals surface area (Å²) in [5.41, 5.74) is 0.770. The predicted molar refractivity (Wildman–Crippen MR) is 95.3 cm³/mol. The maximum absolute atomic E-state index is 13.3. The number of amides is 1. The second-order valence-electron chi connectivity index (χ2n) is 7.40. The van der Waals surface area contributed by atoms with Gasteiger partial charge in [-0.1, -0.05) is 0 Å². The second kappa shape index (κ2) is 5.49. The molecule has 0 saturated carbocycles. The van der Waals surface area contributed by atoms with Gasteiger partial charge in [-0.25, -0.2) is 15.0 Å². The number of aromatic nitrogens is 3. The molecule has 5 heterocycles. The van der Waals surface area contributed by atoms with Gasteiger partial charge in [0.2, 0.25) is 11.9 Å². The summed E-state index contributed by atoms with van der Waals surface area (Å²) in [5.74, 6) is 1.10. The number of carbonyl (C=O) groups is 1. The third-order valence-corrected chi connectivity index (χ3v) is 6.91. The summed E-state index contributed by atoms with van der Waals surface area (Å²) in [6.45, 7) is 3.49. The van der Waals surface area contributed by atoms with Crippen molar-refractivity contribution < 1.29 is 4.79 Å². The van der Waals surface area contributed by atoms with Crippen LogP contribution in [-0.4, -0.2) is 44.4 Å². The van der Waals surface area contributed by atoms with E-state index in [2.05, 4.69) is 25.2 Å². The molecule has 1 spiro atoms. The Kier molecular flexibility index (Phi) is 3.35. The highest BCUT2D eigenvalue weighted by atomic mass is 32.1. The highest BCUT2D eigenvalue weighted by Gasteiger charge is 2.63. The highest BCUT2D eigenvalue weighted by molar-refractivity contribution is 7.09. The number of carbonyl (C=O) groups excluding carboxylic acids is 1. The second-order valence-corrected chi connectivity index (χ2v) is 8.46. The van der Waals surface area contributed by atoms with Crippen LogP contribution in [0.1, 0.15) is 36.4 Å². The molecule has 5 rings (SSSR count). The maximum Gasteiger partial charge on any atom is 0.231 e. The zero-order valence-electron chi connectivity index (χ0n) is 14.3. The minimum absolute atomic E-state index is 0.243. The van der Waals surface area contributed by atoms with Gasteiger partial charge in [-0.15, -0.1) is 11.3 Å². The average Bonchev–Trinajstić information content (AvgIpc) is 3.37. The molecule has 25 heavy (non-hydrogen) atoms. The molecule has 3 atom stereocenters. The number of aryl methyl sites for hydroxylation is 1. The minimum Gasteiger partial charge on any atom is -0.336 e. The van der Waals surface area contributed by atoms with Gasteiger partial charge in [-0.3, -0.25) is 4.79 Å². The van der Waals surface area contributed by atoms with Crippen LogP contribution in [0.15, 0.2) is 23.8 Å². The summed E-state index contributed by atoms with van der Waals surface area (Å²) in [4.78, 5) is 31.1. The van der Waals surface area contributed by atoms with Crippen LogP contribution in [0.3, 0.4) is 0 Å². The van der Waals surface area contributed by atoms with E-state index in [9.17, 15) is 4.79 Å². The molecule has 0 unspecified atom stereocenters. The third-order valence-electron chi connectivity index (χ3n) is 6.08. The molecule has 6 nitrogen and oxygen atoms in total. The highest BCUT2D eigenvalue weighted by Crippen LogP contribution is 2.55. The molecule has 0 N–H and O–H groups in total. The summed E-state index contributed by atoms with van der Waals surface area (Å²) in [5, 5.41) is 3.13. The van der Waals surface area contributed by atoms with Crippen LogP contribution >= 0.6 is 11.3 Å².